The average molecular weight is 377 g/mol. The van der Waals surface area contributed by atoms with Gasteiger partial charge in [0.1, 0.15) is 11.6 Å². The molecule has 7 nitrogen and oxygen atoms in total. The second kappa shape index (κ2) is 7.67. The van der Waals surface area contributed by atoms with E-state index in [9.17, 15) is 0 Å². The standard InChI is InChI=1S/C21H27N7/c1-12-6-4-5-7-17(12)20-24-18(15-8-10-16(22)11-9-15)13(2)19(25-20)26-21-23-14(3)27-28-21/h4-7,15-16H,8-11,22H2,1-3H3,(H2,23,24,25,26,27,28). The highest BCUT2D eigenvalue weighted by molar-refractivity contribution is 5.65. The monoisotopic (exact) mass is 377 g/mol. The quantitative estimate of drug-likeness (QED) is 0.636. The number of benzene rings is 1. The molecule has 7 heteroatoms. The minimum atomic E-state index is 0.308. The predicted molar refractivity (Wildman–Crippen MR) is 111 cm³/mol. The second-order valence-corrected chi connectivity index (χ2v) is 7.70. The van der Waals surface area contributed by atoms with Crippen molar-refractivity contribution in [3.8, 4) is 11.4 Å². The highest BCUT2D eigenvalue weighted by Gasteiger charge is 2.25. The molecule has 0 aliphatic heterocycles. The Bertz CT molecular complexity index is 971. The number of aryl methyl sites for hydroxylation is 2. The van der Waals surface area contributed by atoms with Gasteiger partial charge in [0.05, 0.1) is 5.69 Å². The van der Waals surface area contributed by atoms with Gasteiger partial charge in [-0.25, -0.2) is 9.97 Å². The van der Waals surface area contributed by atoms with Crippen molar-refractivity contribution in [2.75, 3.05) is 5.32 Å². The van der Waals surface area contributed by atoms with E-state index in [-0.39, 0.29) is 0 Å². The molecular weight excluding hydrogens is 350 g/mol. The lowest BCUT2D eigenvalue weighted by molar-refractivity contribution is 0.389. The average Bonchev–Trinajstić information content (AvgIpc) is 3.09. The summed E-state index contributed by atoms with van der Waals surface area (Å²) in [4.78, 5) is 14.2. The molecule has 28 heavy (non-hydrogen) atoms. The topological polar surface area (TPSA) is 105 Å². The number of anilines is 2. The third kappa shape index (κ3) is 3.75. The van der Waals surface area contributed by atoms with Crippen molar-refractivity contribution in [2.45, 2.75) is 58.4 Å². The summed E-state index contributed by atoms with van der Waals surface area (Å²) in [6.07, 6.45) is 4.20. The molecule has 1 aliphatic rings. The highest BCUT2D eigenvalue weighted by Crippen LogP contribution is 2.36. The molecule has 3 aromatic rings. The number of nitrogens with two attached hydrogens (primary N) is 1. The van der Waals surface area contributed by atoms with Crippen LogP contribution in [0, 0.1) is 20.8 Å². The highest BCUT2D eigenvalue weighted by atomic mass is 15.3. The molecule has 4 rings (SSSR count). The van der Waals surface area contributed by atoms with Crippen LogP contribution in [-0.2, 0) is 0 Å². The Morgan fingerprint density at radius 1 is 1.00 bits per heavy atom. The van der Waals surface area contributed by atoms with Gasteiger partial charge in [0.25, 0.3) is 0 Å². The van der Waals surface area contributed by atoms with Crippen LogP contribution >= 0.6 is 0 Å². The summed E-state index contributed by atoms with van der Waals surface area (Å²) in [5.41, 5.74) is 10.5. The third-order valence-corrected chi connectivity index (χ3v) is 5.56. The Morgan fingerprint density at radius 2 is 1.75 bits per heavy atom. The molecule has 2 aromatic heterocycles. The smallest absolute Gasteiger partial charge is 0.247 e. The summed E-state index contributed by atoms with van der Waals surface area (Å²) in [6.45, 7) is 6.04. The lowest BCUT2D eigenvalue weighted by Crippen LogP contribution is -2.26. The predicted octanol–water partition coefficient (Wildman–Crippen LogP) is 3.92. The van der Waals surface area contributed by atoms with Gasteiger partial charge in [-0.15, -0.1) is 5.10 Å². The SMILES string of the molecule is Cc1nc(Nc2nc(-c3ccccc3C)nc(C3CCC(N)CC3)c2C)n[nH]1. The van der Waals surface area contributed by atoms with Crippen LogP contribution in [-0.4, -0.2) is 31.2 Å². The van der Waals surface area contributed by atoms with E-state index >= 15 is 0 Å². The van der Waals surface area contributed by atoms with E-state index in [0.29, 0.717) is 17.9 Å². The first-order chi connectivity index (χ1) is 13.5. The largest absolute Gasteiger partial charge is 0.328 e. The number of aromatic nitrogens is 5. The second-order valence-electron chi connectivity index (χ2n) is 7.70. The van der Waals surface area contributed by atoms with Gasteiger partial charge in [0.15, 0.2) is 5.82 Å². The Balaban J connectivity index is 1.79. The maximum absolute atomic E-state index is 6.12. The maximum atomic E-state index is 6.12. The van der Waals surface area contributed by atoms with Crippen LogP contribution in [0.3, 0.4) is 0 Å². The fourth-order valence-corrected chi connectivity index (χ4v) is 3.89. The van der Waals surface area contributed by atoms with Crippen LogP contribution in [0.4, 0.5) is 11.8 Å². The summed E-state index contributed by atoms with van der Waals surface area (Å²) < 4.78 is 0. The Hall–Kier alpha value is -2.80. The molecule has 1 aliphatic carbocycles. The number of aromatic amines is 1. The van der Waals surface area contributed by atoms with Crippen molar-refractivity contribution in [1.29, 1.82) is 0 Å². The number of hydrogen-bond acceptors (Lipinski definition) is 6. The van der Waals surface area contributed by atoms with Crippen LogP contribution < -0.4 is 11.1 Å². The van der Waals surface area contributed by atoms with Crippen molar-refractivity contribution in [3.63, 3.8) is 0 Å². The Labute approximate surface area is 165 Å². The molecule has 0 unspecified atom stereocenters. The van der Waals surface area contributed by atoms with Gasteiger partial charge in [0.2, 0.25) is 5.95 Å². The molecule has 0 radical (unpaired) electrons. The molecule has 0 atom stereocenters. The number of H-pyrrole nitrogens is 1. The van der Waals surface area contributed by atoms with E-state index in [1.54, 1.807) is 0 Å². The van der Waals surface area contributed by atoms with E-state index in [2.05, 4.69) is 46.5 Å². The minimum Gasteiger partial charge on any atom is -0.328 e. The zero-order valence-electron chi connectivity index (χ0n) is 16.7. The summed E-state index contributed by atoms with van der Waals surface area (Å²) in [5, 5.41) is 10.3. The number of nitrogens with one attached hydrogen (secondary N) is 2. The molecular formula is C21H27N7. The minimum absolute atomic E-state index is 0.308. The summed E-state index contributed by atoms with van der Waals surface area (Å²) in [7, 11) is 0. The first kappa shape index (κ1) is 18.6. The molecule has 0 amide bonds. The van der Waals surface area contributed by atoms with Crippen molar-refractivity contribution < 1.29 is 0 Å². The van der Waals surface area contributed by atoms with Crippen LogP contribution in [0.25, 0.3) is 11.4 Å². The summed E-state index contributed by atoms with van der Waals surface area (Å²) >= 11 is 0. The number of hydrogen-bond donors (Lipinski definition) is 3. The number of rotatable bonds is 4. The molecule has 1 aromatic carbocycles. The van der Waals surface area contributed by atoms with Gasteiger partial charge in [-0.3, -0.25) is 5.10 Å². The van der Waals surface area contributed by atoms with Crippen LogP contribution in [0.2, 0.25) is 0 Å². The molecule has 0 saturated heterocycles. The van der Waals surface area contributed by atoms with Gasteiger partial charge < -0.3 is 11.1 Å². The zero-order chi connectivity index (χ0) is 19.7. The van der Waals surface area contributed by atoms with E-state index in [4.69, 9.17) is 15.7 Å². The lowest BCUT2D eigenvalue weighted by atomic mass is 9.83. The van der Waals surface area contributed by atoms with Gasteiger partial charge in [0, 0.05) is 23.1 Å². The molecule has 2 heterocycles. The summed E-state index contributed by atoms with van der Waals surface area (Å²) in [6, 6.07) is 8.52. The lowest BCUT2D eigenvalue weighted by Gasteiger charge is -2.27. The fourth-order valence-electron chi connectivity index (χ4n) is 3.89. The zero-order valence-corrected chi connectivity index (χ0v) is 16.7. The van der Waals surface area contributed by atoms with E-state index in [1.807, 2.05) is 19.1 Å². The first-order valence-corrected chi connectivity index (χ1v) is 9.87. The molecule has 4 N–H and O–H groups in total. The Kier molecular flexibility index (Phi) is 5.09. The summed E-state index contributed by atoms with van der Waals surface area (Å²) in [5.74, 6) is 3.18. The molecule has 0 spiro atoms. The van der Waals surface area contributed by atoms with Crippen LogP contribution in [0.5, 0.6) is 0 Å². The van der Waals surface area contributed by atoms with Gasteiger partial charge in [-0.05, 0) is 52.0 Å². The van der Waals surface area contributed by atoms with Crippen molar-refractivity contribution in [1.82, 2.24) is 25.1 Å². The van der Waals surface area contributed by atoms with E-state index in [0.717, 1.165) is 65.5 Å². The van der Waals surface area contributed by atoms with Gasteiger partial charge in [-0.1, -0.05) is 24.3 Å². The van der Waals surface area contributed by atoms with E-state index < -0.39 is 0 Å². The molecule has 1 saturated carbocycles. The van der Waals surface area contributed by atoms with Crippen molar-refractivity contribution in [3.05, 3.63) is 46.9 Å². The maximum Gasteiger partial charge on any atom is 0.247 e. The van der Waals surface area contributed by atoms with E-state index in [1.165, 1.54) is 0 Å². The van der Waals surface area contributed by atoms with Crippen molar-refractivity contribution in [2.24, 2.45) is 5.73 Å². The first-order valence-electron chi connectivity index (χ1n) is 9.87. The third-order valence-electron chi connectivity index (χ3n) is 5.56. The molecule has 0 bridgehead atoms. The number of nitrogens with zero attached hydrogens (tertiary/aromatic N) is 4. The van der Waals surface area contributed by atoms with Crippen molar-refractivity contribution >= 4 is 11.8 Å². The van der Waals surface area contributed by atoms with Gasteiger partial charge >= 0.3 is 0 Å². The normalized spacial score (nSPS) is 19.6. The Morgan fingerprint density at radius 3 is 2.43 bits per heavy atom. The molecule has 1 fully saturated rings. The fraction of sp³-hybridized carbons (Fsp3) is 0.429. The van der Waals surface area contributed by atoms with Crippen LogP contribution in [0.1, 0.15) is 54.2 Å². The molecule has 146 valence electrons. The van der Waals surface area contributed by atoms with Gasteiger partial charge in [-0.2, -0.15) is 4.98 Å². The van der Waals surface area contributed by atoms with Crippen LogP contribution in [0.15, 0.2) is 24.3 Å².